The number of carbonyl (C=O) groups is 1. The van der Waals surface area contributed by atoms with Gasteiger partial charge in [0.25, 0.3) is 5.91 Å². The summed E-state index contributed by atoms with van der Waals surface area (Å²) in [6.45, 7) is 6.32. The minimum Gasteiger partial charge on any atom is -0.313 e. The van der Waals surface area contributed by atoms with Crippen LogP contribution in [0, 0.1) is 20.8 Å². The average molecular weight is 411 g/mol. The van der Waals surface area contributed by atoms with Crippen LogP contribution in [0.2, 0.25) is 0 Å². The van der Waals surface area contributed by atoms with Gasteiger partial charge in [-0.3, -0.25) is 15.1 Å². The summed E-state index contributed by atoms with van der Waals surface area (Å²) >= 11 is 0. The van der Waals surface area contributed by atoms with Gasteiger partial charge in [-0.25, -0.2) is 4.98 Å². The molecule has 0 saturated heterocycles. The third-order valence-corrected chi connectivity index (χ3v) is 5.68. The topological polar surface area (TPSA) is 59.8 Å². The molecular weight excluding hydrogens is 384 g/mol. The summed E-state index contributed by atoms with van der Waals surface area (Å²) in [5.41, 5.74) is 8.63. The number of rotatable bonds is 5. The van der Waals surface area contributed by atoms with Gasteiger partial charge in [-0.05, 0) is 85.3 Å². The smallest absolute Gasteiger partial charge is 0.257 e. The van der Waals surface area contributed by atoms with E-state index in [1.165, 1.54) is 16.7 Å². The van der Waals surface area contributed by atoms with Crippen LogP contribution in [0.5, 0.6) is 0 Å². The van der Waals surface area contributed by atoms with Gasteiger partial charge < -0.3 is 4.57 Å². The van der Waals surface area contributed by atoms with Crippen molar-refractivity contribution < 1.29 is 4.79 Å². The van der Waals surface area contributed by atoms with Crippen LogP contribution < -0.4 is 5.32 Å². The van der Waals surface area contributed by atoms with Gasteiger partial charge in [-0.15, -0.1) is 0 Å². The standard InChI is InChI=1S/C26H26N4O/c1-17-12-19(3)23(13-18(17)2)24-16-28-26(30(24)4)29-25(31)22-7-5-6-21(15-22)14-20-8-10-27-11-9-20/h5-13,15-16H,14H2,1-4H3,(H,28,29,31). The Balaban J connectivity index is 1.55. The van der Waals surface area contributed by atoms with Crippen molar-refractivity contribution in [3.05, 3.63) is 101 Å². The highest BCUT2D eigenvalue weighted by Crippen LogP contribution is 2.28. The van der Waals surface area contributed by atoms with E-state index in [-0.39, 0.29) is 5.91 Å². The SMILES string of the molecule is Cc1cc(C)c(-c2cnc(NC(=O)c3cccc(Cc4ccncc4)c3)n2C)cc1C. The lowest BCUT2D eigenvalue weighted by molar-refractivity contribution is 0.102. The summed E-state index contributed by atoms with van der Waals surface area (Å²) in [7, 11) is 1.92. The fourth-order valence-electron chi connectivity index (χ4n) is 3.74. The van der Waals surface area contributed by atoms with Crippen molar-refractivity contribution >= 4 is 11.9 Å². The Morgan fingerprint density at radius 3 is 2.45 bits per heavy atom. The summed E-state index contributed by atoms with van der Waals surface area (Å²) in [6.07, 6.45) is 6.12. The van der Waals surface area contributed by atoms with E-state index in [1.54, 1.807) is 12.4 Å². The van der Waals surface area contributed by atoms with Crippen molar-refractivity contribution in [3.63, 3.8) is 0 Å². The Kier molecular flexibility index (Phi) is 5.67. The molecule has 156 valence electrons. The van der Waals surface area contributed by atoms with Crippen molar-refractivity contribution in [3.8, 4) is 11.3 Å². The Bertz CT molecular complexity index is 1240. The molecule has 0 saturated carbocycles. The minimum absolute atomic E-state index is 0.173. The lowest BCUT2D eigenvalue weighted by Gasteiger charge is -2.12. The Labute approximate surface area is 182 Å². The number of nitrogens with zero attached hydrogens (tertiary/aromatic N) is 3. The van der Waals surface area contributed by atoms with Crippen LogP contribution in [-0.2, 0) is 13.5 Å². The zero-order valence-corrected chi connectivity index (χ0v) is 18.3. The molecule has 4 aromatic rings. The summed E-state index contributed by atoms with van der Waals surface area (Å²) in [4.78, 5) is 21.4. The van der Waals surface area contributed by atoms with Crippen LogP contribution >= 0.6 is 0 Å². The molecule has 0 spiro atoms. The maximum Gasteiger partial charge on any atom is 0.257 e. The second-order valence-electron chi connectivity index (χ2n) is 7.96. The number of anilines is 1. The van der Waals surface area contributed by atoms with Gasteiger partial charge in [0.05, 0.1) is 11.9 Å². The maximum atomic E-state index is 12.9. The molecule has 0 aliphatic carbocycles. The quantitative estimate of drug-likeness (QED) is 0.489. The molecule has 1 N–H and O–H groups in total. The van der Waals surface area contributed by atoms with Gasteiger partial charge in [-0.2, -0.15) is 0 Å². The third kappa shape index (κ3) is 4.40. The monoisotopic (exact) mass is 410 g/mol. The average Bonchev–Trinajstić information content (AvgIpc) is 3.11. The fraction of sp³-hybridized carbons (Fsp3) is 0.192. The molecular formula is C26H26N4O. The molecule has 4 rings (SSSR count). The largest absolute Gasteiger partial charge is 0.313 e. The summed E-state index contributed by atoms with van der Waals surface area (Å²) in [6, 6.07) is 16.0. The molecule has 31 heavy (non-hydrogen) atoms. The molecule has 0 atom stereocenters. The van der Waals surface area contributed by atoms with E-state index in [1.807, 2.05) is 54.2 Å². The van der Waals surface area contributed by atoms with Crippen LogP contribution in [0.1, 0.15) is 38.2 Å². The van der Waals surface area contributed by atoms with E-state index >= 15 is 0 Å². The van der Waals surface area contributed by atoms with Crippen molar-refractivity contribution in [1.29, 1.82) is 0 Å². The summed E-state index contributed by atoms with van der Waals surface area (Å²) in [5, 5.41) is 2.96. The van der Waals surface area contributed by atoms with Crippen molar-refractivity contribution in [2.75, 3.05) is 5.32 Å². The molecule has 2 aromatic carbocycles. The van der Waals surface area contributed by atoms with E-state index in [0.717, 1.165) is 28.8 Å². The molecule has 2 heterocycles. The number of aryl methyl sites for hydroxylation is 3. The predicted octanol–water partition coefficient (Wildman–Crippen LogP) is 5.25. The number of nitrogens with one attached hydrogen (secondary N) is 1. The zero-order chi connectivity index (χ0) is 22.0. The van der Waals surface area contributed by atoms with Crippen LogP contribution in [0.3, 0.4) is 0 Å². The van der Waals surface area contributed by atoms with E-state index in [9.17, 15) is 4.79 Å². The van der Waals surface area contributed by atoms with Gasteiger partial charge in [0, 0.05) is 30.6 Å². The van der Waals surface area contributed by atoms with Crippen molar-refractivity contribution in [2.24, 2.45) is 7.05 Å². The lowest BCUT2D eigenvalue weighted by Crippen LogP contribution is -2.15. The Hall–Kier alpha value is -3.73. The first-order valence-corrected chi connectivity index (χ1v) is 10.3. The highest BCUT2D eigenvalue weighted by atomic mass is 16.1. The first-order chi connectivity index (χ1) is 14.9. The fourth-order valence-corrected chi connectivity index (χ4v) is 3.74. The van der Waals surface area contributed by atoms with Crippen LogP contribution in [0.4, 0.5) is 5.95 Å². The van der Waals surface area contributed by atoms with Gasteiger partial charge in [0.2, 0.25) is 5.95 Å². The number of imidazole rings is 1. The van der Waals surface area contributed by atoms with Crippen molar-refractivity contribution in [2.45, 2.75) is 27.2 Å². The number of pyridine rings is 1. The van der Waals surface area contributed by atoms with E-state index in [2.05, 4.69) is 48.2 Å². The number of aromatic nitrogens is 3. The highest BCUT2D eigenvalue weighted by molar-refractivity contribution is 6.03. The summed E-state index contributed by atoms with van der Waals surface area (Å²) < 4.78 is 1.93. The van der Waals surface area contributed by atoms with Gasteiger partial charge in [0.1, 0.15) is 0 Å². The molecule has 0 fully saturated rings. The van der Waals surface area contributed by atoms with Crippen LogP contribution in [0.25, 0.3) is 11.3 Å². The molecule has 5 heteroatoms. The molecule has 0 unspecified atom stereocenters. The van der Waals surface area contributed by atoms with Crippen LogP contribution in [0.15, 0.2) is 67.1 Å². The number of amides is 1. The number of carbonyl (C=O) groups excluding carboxylic acids is 1. The predicted molar refractivity (Wildman–Crippen MR) is 124 cm³/mol. The van der Waals surface area contributed by atoms with Gasteiger partial charge >= 0.3 is 0 Å². The second kappa shape index (κ2) is 8.56. The van der Waals surface area contributed by atoms with Gasteiger partial charge in [0.15, 0.2) is 0 Å². The molecule has 0 bridgehead atoms. The highest BCUT2D eigenvalue weighted by Gasteiger charge is 2.15. The normalized spacial score (nSPS) is 10.8. The maximum absolute atomic E-state index is 12.9. The summed E-state index contributed by atoms with van der Waals surface area (Å²) in [5.74, 6) is 0.353. The first kappa shape index (κ1) is 20.5. The van der Waals surface area contributed by atoms with Crippen LogP contribution in [-0.4, -0.2) is 20.4 Å². The Morgan fingerprint density at radius 1 is 0.935 bits per heavy atom. The zero-order valence-electron chi connectivity index (χ0n) is 18.3. The van der Waals surface area contributed by atoms with Crippen molar-refractivity contribution in [1.82, 2.24) is 14.5 Å². The number of hydrogen-bond acceptors (Lipinski definition) is 3. The molecule has 0 aliphatic heterocycles. The van der Waals surface area contributed by atoms with E-state index < -0.39 is 0 Å². The third-order valence-electron chi connectivity index (χ3n) is 5.68. The molecule has 1 amide bonds. The van der Waals surface area contributed by atoms with Gasteiger partial charge in [-0.1, -0.05) is 18.2 Å². The first-order valence-electron chi connectivity index (χ1n) is 10.3. The molecule has 2 aromatic heterocycles. The number of hydrogen-bond donors (Lipinski definition) is 1. The van der Waals surface area contributed by atoms with E-state index in [4.69, 9.17) is 0 Å². The molecule has 0 radical (unpaired) electrons. The second-order valence-corrected chi connectivity index (χ2v) is 7.96. The van der Waals surface area contributed by atoms with E-state index in [0.29, 0.717) is 11.5 Å². The minimum atomic E-state index is -0.173. The number of benzene rings is 2. The molecule has 0 aliphatic rings. The lowest BCUT2D eigenvalue weighted by atomic mass is 9.99. The molecule has 5 nitrogen and oxygen atoms in total. The Morgan fingerprint density at radius 2 is 1.68 bits per heavy atom.